The number of nitrogens with zero attached hydrogens (tertiary/aromatic N) is 1. The summed E-state index contributed by atoms with van der Waals surface area (Å²) in [6.07, 6.45) is 4.54. The average molecular weight is 281 g/mol. The van der Waals surface area contributed by atoms with Gasteiger partial charge in [-0.2, -0.15) is 0 Å². The zero-order valence-corrected chi connectivity index (χ0v) is 11.7. The lowest BCUT2D eigenvalue weighted by atomic mass is 10.0. The molecule has 0 bridgehead atoms. The van der Waals surface area contributed by atoms with Crippen LogP contribution >= 0.6 is 11.3 Å². The molecule has 0 radical (unpaired) electrons. The summed E-state index contributed by atoms with van der Waals surface area (Å²) in [6.45, 7) is 0.592. The molecule has 1 atom stereocenters. The Morgan fingerprint density at radius 2 is 2.26 bits per heavy atom. The van der Waals surface area contributed by atoms with Crippen molar-refractivity contribution in [3.63, 3.8) is 0 Å². The Morgan fingerprint density at radius 1 is 1.42 bits per heavy atom. The van der Waals surface area contributed by atoms with Gasteiger partial charge < -0.3 is 10.0 Å². The summed E-state index contributed by atoms with van der Waals surface area (Å²) < 4.78 is 0. The van der Waals surface area contributed by atoms with Crippen molar-refractivity contribution in [2.45, 2.75) is 44.6 Å². The zero-order valence-electron chi connectivity index (χ0n) is 10.9. The number of aryl methyl sites for hydroxylation is 1. The van der Waals surface area contributed by atoms with Gasteiger partial charge in [-0.05, 0) is 43.6 Å². The second-order valence-corrected chi connectivity index (χ2v) is 5.90. The number of carboxylic acids is 1. The van der Waals surface area contributed by atoms with Gasteiger partial charge in [-0.25, -0.2) is 4.79 Å². The SMILES string of the molecule is O=C(O)[C@@H]1CCCCN1C(=O)CCCc1cccs1. The molecular formula is C14H19NO3S. The van der Waals surface area contributed by atoms with Crippen LogP contribution in [-0.2, 0) is 16.0 Å². The van der Waals surface area contributed by atoms with E-state index in [0.717, 1.165) is 25.7 Å². The van der Waals surface area contributed by atoms with E-state index in [0.29, 0.717) is 19.4 Å². The molecule has 0 unspecified atom stereocenters. The monoisotopic (exact) mass is 281 g/mol. The number of likely N-dealkylation sites (tertiary alicyclic amines) is 1. The molecule has 1 fully saturated rings. The van der Waals surface area contributed by atoms with E-state index in [1.54, 1.807) is 16.2 Å². The second kappa shape index (κ2) is 6.70. The fraction of sp³-hybridized carbons (Fsp3) is 0.571. The number of thiophene rings is 1. The molecule has 4 nitrogen and oxygen atoms in total. The summed E-state index contributed by atoms with van der Waals surface area (Å²) in [5.74, 6) is -0.880. The Bertz CT molecular complexity index is 430. The summed E-state index contributed by atoms with van der Waals surface area (Å²) in [5.41, 5.74) is 0. The van der Waals surface area contributed by atoms with Crippen LogP contribution in [0.5, 0.6) is 0 Å². The van der Waals surface area contributed by atoms with Crippen molar-refractivity contribution in [1.29, 1.82) is 0 Å². The van der Waals surface area contributed by atoms with E-state index in [9.17, 15) is 9.59 Å². The number of aliphatic carboxylic acids is 1. The van der Waals surface area contributed by atoms with Crippen molar-refractivity contribution >= 4 is 23.2 Å². The minimum Gasteiger partial charge on any atom is -0.480 e. The molecule has 1 saturated heterocycles. The molecule has 5 heteroatoms. The molecule has 1 aromatic heterocycles. The van der Waals surface area contributed by atoms with E-state index < -0.39 is 12.0 Å². The molecule has 0 saturated carbocycles. The minimum absolute atomic E-state index is 0.0105. The fourth-order valence-corrected chi connectivity index (χ4v) is 3.25. The second-order valence-electron chi connectivity index (χ2n) is 4.87. The maximum absolute atomic E-state index is 12.1. The van der Waals surface area contributed by atoms with Crippen LogP contribution in [0.3, 0.4) is 0 Å². The first-order valence-corrected chi connectivity index (χ1v) is 7.61. The van der Waals surface area contributed by atoms with Gasteiger partial charge in [0.25, 0.3) is 0 Å². The largest absolute Gasteiger partial charge is 0.480 e. The number of piperidine rings is 1. The van der Waals surface area contributed by atoms with Gasteiger partial charge >= 0.3 is 5.97 Å². The molecule has 0 aromatic carbocycles. The third-order valence-electron chi connectivity index (χ3n) is 3.50. The summed E-state index contributed by atoms with van der Waals surface area (Å²) in [4.78, 5) is 26.1. The molecule has 2 heterocycles. The topological polar surface area (TPSA) is 57.6 Å². The van der Waals surface area contributed by atoms with Crippen molar-refractivity contribution in [2.24, 2.45) is 0 Å². The number of carbonyl (C=O) groups is 2. The fourth-order valence-electron chi connectivity index (χ4n) is 2.50. The molecule has 2 rings (SSSR count). The number of carbonyl (C=O) groups excluding carboxylic acids is 1. The van der Waals surface area contributed by atoms with Gasteiger partial charge in [0.2, 0.25) is 5.91 Å². The molecule has 19 heavy (non-hydrogen) atoms. The van der Waals surface area contributed by atoms with E-state index in [1.165, 1.54) is 4.88 Å². The Balaban J connectivity index is 1.82. The van der Waals surface area contributed by atoms with E-state index in [1.807, 2.05) is 11.4 Å². The van der Waals surface area contributed by atoms with Gasteiger partial charge in [0.15, 0.2) is 0 Å². The van der Waals surface area contributed by atoms with Crippen LogP contribution < -0.4 is 0 Å². The number of hydrogen-bond acceptors (Lipinski definition) is 3. The zero-order chi connectivity index (χ0) is 13.7. The van der Waals surface area contributed by atoms with Crippen LogP contribution in [0.2, 0.25) is 0 Å². The highest BCUT2D eigenvalue weighted by atomic mass is 32.1. The van der Waals surface area contributed by atoms with Gasteiger partial charge in [-0.3, -0.25) is 4.79 Å². The van der Waals surface area contributed by atoms with Gasteiger partial charge in [0.1, 0.15) is 6.04 Å². The van der Waals surface area contributed by atoms with Crippen LogP contribution in [-0.4, -0.2) is 34.5 Å². The van der Waals surface area contributed by atoms with E-state index in [4.69, 9.17) is 5.11 Å². The van der Waals surface area contributed by atoms with E-state index in [-0.39, 0.29) is 5.91 Å². The first-order chi connectivity index (χ1) is 9.18. The predicted molar refractivity (Wildman–Crippen MR) is 74.2 cm³/mol. The Morgan fingerprint density at radius 3 is 2.95 bits per heavy atom. The molecule has 1 amide bonds. The number of carboxylic acid groups (broad SMARTS) is 1. The minimum atomic E-state index is -0.869. The van der Waals surface area contributed by atoms with Crippen LogP contribution in [0.1, 0.15) is 37.0 Å². The molecule has 104 valence electrons. The summed E-state index contributed by atoms with van der Waals surface area (Å²) in [7, 11) is 0. The first kappa shape index (κ1) is 14.1. The lowest BCUT2D eigenvalue weighted by Crippen LogP contribution is -2.47. The maximum atomic E-state index is 12.1. The molecular weight excluding hydrogens is 262 g/mol. The van der Waals surface area contributed by atoms with Crippen LogP contribution in [0.4, 0.5) is 0 Å². The predicted octanol–water partition coefficient (Wildman–Crippen LogP) is 2.54. The van der Waals surface area contributed by atoms with E-state index >= 15 is 0 Å². The van der Waals surface area contributed by atoms with Gasteiger partial charge in [-0.1, -0.05) is 6.07 Å². The van der Waals surface area contributed by atoms with Crippen LogP contribution in [0.15, 0.2) is 17.5 Å². The Hall–Kier alpha value is -1.36. The molecule has 1 aliphatic heterocycles. The molecule has 0 aliphatic carbocycles. The average Bonchev–Trinajstić information content (AvgIpc) is 2.91. The highest BCUT2D eigenvalue weighted by Crippen LogP contribution is 2.19. The molecule has 1 N–H and O–H groups in total. The van der Waals surface area contributed by atoms with Crippen molar-refractivity contribution in [3.8, 4) is 0 Å². The maximum Gasteiger partial charge on any atom is 0.326 e. The highest BCUT2D eigenvalue weighted by molar-refractivity contribution is 7.09. The van der Waals surface area contributed by atoms with E-state index in [2.05, 4.69) is 6.07 Å². The van der Waals surface area contributed by atoms with Gasteiger partial charge in [0, 0.05) is 17.8 Å². The normalized spacial score (nSPS) is 19.4. The van der Waals surface area contributed by atoms with Crippen molar-refractivity contribution in [1.82, 2.24) is 4.90 Å². The third kappa shape index (κ3) is 3.80. The summed E-state index contributed by atoms with van der Waals surface area (Å²) in [5, 5.41) is 11.2. The van der Waals surface area contributed by atoms with Crippen LogP contribution in [0, 0.1) is 0 Å². The summed E-state index contributed by atoms with van der Waals surface area (Å²) in [6, 6.07) is 3.46. The van der Waals surface area contributed by atoms with Gasteiger partial charge in [-0.15, -0.1) is 11.3 Å². The Kier molecular flexibility index (Phi) is 4.96. The van der Waals surface area contributed by atoms with Crippen molar-refractivity contribution < 1.29 is 14.7 Å². The first-order valence-electron chi connectivity index (χ1n) is 6.73. The number of amides is 1. The lowest BCUT2D eigenvalue weighted by molar-refractivity contribution is -0.152. The Labute approximate surface area is 117 Å². The lowest BCUT2D eigenvalue weighted by Gasteiger charge is -2.33. The number of rotatable bonds is 5. The van der Waals surface area contributed by atoms with Crippen molar-refractivity contribution in [3.05, 3.63) is 22.4 Å². The van der Waals surface area contributed by atoms with Crippen LogP contribution in [0.25, 0.3) is 0 Å². The highest BCUT2D eigenvalue weighted by Gasteiger charge is 2.31. The molecule has 0 spiro atoms. The smallest absolute Gasteiger partial charge is 0.326 e. The number of hydrogen-bond donors (Lipinski definition) is 1. The molecule has 1 aromatic rings. The van der Waals surface area contributed by atoms with Crippen molar-refractivity contribution in [2.75, 3.05) is 6.54 Å². The van der Waals surface area contributed by atoms with Gasteiger partial charge in [0.05, 0.1) is 0 Å². The summed E-state index contributed by atoms with van der Waals surface area (Å²) >= 11 is 1.70. The quantitative estimate of drug-likeness (QED) is 0.902. The standard InChI is InChI=1S/C14H19NO3S/c16-13(8-3-5-11-6-4-10-19-11)15-9-2-1-7-12(15)14(17)18/h4,6,10,12H,1-3,5,7-9H2,(H,17,18)/t12-/m0/s1. The third-order valence-corrected chi connectivity index (χ3v) is 4.44. The molecule has 1 aliphatic rings.